The summed E-state index contributed by atoms with van der Waals surface area (Å²) in [5.41, 5.74) is -0.0555. The SMILES string of the molecule is O=C(N1CCCC1)N1CCC2(CC1)OCC[C@H]2CCOc1cccnc1. The average molecular weight is 359 g/mol. The lowest BCUT2D eigenvalue weighted by atomic mass is 9.78. The first kappa shape index (κ1) is 17.6. The minimum absolute atomic E-state index is 0.0555. The van der Waals surface area contributed by atoms with Crippen LogP contribution in [-0.2, 0) is 4.74 Å². The quantitative estimate of drug-likeness (QED) is 0.829. The van der Waals surface area contributed by atoms with Gasteiger partial charge in [-0.25, -0.2) is 4.79 Å². The number of amides is 2. The highest BCUT2D eigenvalue weighted by Gasteiger charge is 2.46. The van der Waals surface area contributed by atoms with Crippen LogP contribution in [0.2, 0.25) is 0 Å². The second kappa shape index (κ2) is 7.82. The number of hydrogen-bond donors (Lipinski definition) is 0. The van der Waals surface area contributed by atoms with E-state index in [0.717, 1.165) is 77.1 Å². The minimum atomic E-state index is -0.0555. The van der Waals surface area contributed by atoms with Gasteiger partial charge >= 0.3 is 6.03 Å². The molecule has 2 amide bonds. The molecule has 1 spiro atoms. The minimum Gasteiger partial charge on any atom is -0.492 e. The third-order valence-corrected chi connectivity index (χ3v) is 6.23. The Morgan fingerprint density at radius 1 is 1.23 bits per heavy atom. The molecule has 0 radical (unpaired) electrons. The zero-order chi connectivity index (χ0) is 17.8. The molecule has 3 saturated heterocycles. The summed E-state index contributed by atoms with van der Waals surface area (Å²) in [6.07, 6.45) is 9.78. The van der Waals surface area contributed by atoms with Gasteiger partial charge < -0.3 is 19.3 Å². The van der Waals surface area contributed by atoms with Crippen molar-refractivity contribution in [2.45, 2.75) is 44.1 Å². The zero-order valence-electron chi connectivity index (χ0n) is 15.4. The number of piperidine rings is 1. The molecule has 3 aliphatic rings. The Morgan fingerprint density at radius 2 is 2.00 bits per heavy atom. The van der Waals surface area contributed by atoms with Gasteiger partial charge in [-0.2, -0.15) is 0 Å². The van der Waals surface area contributed by atoms with Crippen molar-refractivity contribution >= 4 is 6.03 Å². The molecule has 1 aromatic heterocycles. The van der Waals surface area contributed by atoms with E-state index in [1.165, 1.54) is 0 Å². The predicted octanol–water partition coefficient (Wildman–Crippen LogP) is 2.94. The van der Waals surface area contributed by atoms with Gasteiger partial charge in [0.2, 0.25) is 0 Å². The molecule has 4 rings (SSSR count). The number of hydrogen-bond acceptors (Lipinski definition) is 4. The van der Waals surface area contributed by atoms with Crippen molar-refractivity contribution in [2.75, 3.05) is 39.4 Å². The first-order chi connectivity index (χ1) is 12.8. The van der Waals surface area contributed by atoms with E-state index < -0.39 is 0 Å². The van der Waals surface area contributed by atoms with Crippen molar-refractivity contribution in [3.05, 3.63) is 24.5 Å². The molecule has 142 valence electrons. The standard InChI is InChI=1S/C20H29N3O3/c24-19(22-10-1-2-11-22)23-12-7-20(8-13-23)17(6-15-26-20)5-14-25-18-4-3-9-21-16-18/h3-4,9,16-17H,1-2,5-8,10-15H2/t17-/m1/s1. The predicted molar refractivity (Wildman–Crippen MR) is 98.1 cm³/mol. The lowest BCUT2D eigenvalue weighted by Gasteiger charge is -2.43. The van der Waals surface area contributed by atoms with Crippen molar-refractivity contribution in [1.29, 1.82) is 0 Å². The summed E-state index contributed by atoms with van der Waals surface area (Å²) in [6, 6.07) is 4.06. The van der Waals surface area contributed by atoms with E-state index in [1.807, 2.05) is 21.9 Å². The molecule has 0 saturated carbocycles. The maximum Gasteiger partial charge on any atom is 0.320 e. The number of pyridine rings is 1. The number of carbonyl (C=O) groups excluding carboxylic acids is 1. The first-order valence-corrected chi connectivity index (χ1v) is 9.97. The fraction of sp³-hybridized carbons (Fsp3) is 0.700. The Bertz CT molecular complexity index is 596. The number of rotatable bonds is 4. The van der Waals surface area contributed by atoms with Crippen molar-refractivity contribution < 1.29 is 14.3 Å². The molecule has 0 unspecified atom stereocenters. The van der Waals surface area contributed by atoms with Crippen molar-refractivity contribution in [3.63, 3.8) is 0 Å². The summed E-state index contributed by atoms with van der Waals surface area (Å²) < 4.78 is 12.1. The maximum absolute atomic E-state index is 12.6. The molecule has 3 fully saturated rings. The Balaban J connectivity index is 1.28. The molecule has 0 aliphatic carbocycles. The summed E-state index contributed by atoms with van der Waals surface area (Å²) in [4.78, 5) is 20.7. The number of urea groups is 1. The van der Waals surface area contributed by atoms with Gasteiger partial charge in [0.25, 0.3) is 0 Å². The number of ether oxygens (including phenoxy) is 2. The molecule has 26 heavy (non-hydrogen) atoms. The van der Waals surface area contributed by atoms with Gasteiger partial charge in [-0.05, 0) is 56.6 Å². The zero-order valence-corrected chi connectivity index (χ0v) is 15.4. The van der Waals surface area contributed by atoms with E-state index in [-0.39, 0.29) is 11.6 Å². The largest absolute Gasteiger partial charge is 0.492 e. The summed E-state index contributed by atoms with van der Waals surface area (Å²) in [5.74, 6) is 1.34. The summed E-state index contributed by atoms with van der Waals surface area (Å²) in [6.45, 7) is 5.00. The summed E-state index contributed by atoms with van der Waals surface area (Å²) >= 11 is 0. The number of aromatic nitrogens is 1. The van der Waals surface area contributed by atoms with Crippen molar-refractivity contribution in [3.8, 4) is 5.75 Å². The average Bonchev–Trinajstić information content (AvgIpc) is 3.34. The van der Waals surface area contributed by atoms with E-state index in [9.17, 15) is 4.79 Å². The van der Waals surface area contributed by atoms with Crippen LogP contribution < -0.4 is 4.74 Å². The van der Waals surface area contributed by atoms with Gasteiger partial charge in [0.1, 0.15) is 5.75 Å². The van der Waals surface area contributed by atoms with Gasteiger partial charge in [0, 0.05) is 39.0 Å². The van der Waals surface area contributed by atoms with Crippen LogP contribution in [-0.4, -0.2) is 65.8 Å². The first-order valence-electron chi connectivity index (χ1n) is 9.97. The number of likely N-dealkylation sites (tertiary alicyclic amines) is 2. The van der Waals surface area contributed by atoms with Gasteiger partial charge in [0.15, 0.2) is 0 Å². The molecule has 1 aromatic rings. The molecule has 4 heterocycles. The van der Waals surface area contributed by atoms with Crippen LogP contribution in [0.1, 0.15) is 38.5 Å². The normalized spacial score (nSPS) is 25.0. The van der Waals surface area contributed by atoms with Crippen LogP contribution in [0.3, 0.4) is 0 Å². The molecule has 3 aliphatic heterocycles. The Labute approximate surface area is 155 Å². The van der Waals surface area contributed by atoms with Gasteiger partial charge in [0.05, 0.1) is 18.4 Å². The second-order valence-electron chi connectivity index (χ2n) is 7.69. The van der Waals surface area contributed by atoms with Crippen LogP contribution in [0.25, 0.3) is 0 Å². The third kappa shape index (κ3) is 3.65. The Morgan fingerprint density at radius 3 is 2.73 bits per heavy atom. The van der Waals surface area contributed by atoms with Crippen LogP contribution in [0.4, 0.5) is 4.79 Å². The van der Waals surface area contributed by atoms with E-state index in [4.69, 9.17) is 9.47 Å². The van der Waals surface area contributed by atoms with Crippen molar-refractivity contribution in [2.24, 2.45) is 5.92 Å². The fourth-order valence-corrected chi connectivity index (χ4v) is 4.68. The van der Waals surface area contributed by atoms with Gasteiger partial charge in [-0.1, -0.05) is 0 Å². The lowest BCUT2D eigenvalue weighted by Crippen LogP contribution is -2.52. The molecule has 6 nitrogen and oxygen atoms in total. The highest BCUT2D eigenvalue weighted by atomic mass is 16.5. The van der Waals surface area contributed by atoms with Crippen LogP contribution in [0.15, 0.2) is 24.5 Å². The van der Waals surface area contributed by atoms with E-state index in [1.54, 1.807) is 12.4 Å². The summed E-state index contributed by atoms with van der Waals surface area (Å²) in [5, 5.41) is 0. The lowest BCUT2D eigenvalue weighted by molar-refractivity contribution is -0.0646. The fourth-order valence-electron chi connectivity index (χ4n) is 4.68. The van der Waals surface area contributed by atoms with Gasteiger partial charge in [-0.3, -0.25) is 4.98 Å². The maximum atomic E-state index is 12.6. The molecule has 1 atom stereocenters. The monoisotopic (exact) mass is 359 g/mol. The molecule has 0 bridgehead atoms. The molecule has 6 heteroatoms. The van der Waals surface area contributed by atoms with Crippen LogP contribution in [0, 0.1) is 5.92 Å². The summed E-state index contributed by atoms with van der Waals surface area (Å²) in [7, 11) is 0. The molecule has 0 aromatic carbocycles. The van der Waals surface area contributed by atoms with Crippen LogP contribution >= 0.6 is 0 Å². The Hall–Kier alpha value is -1.82. The molecular weight excluding hydrogens is 330 g/mol. The smallest absolute Gasteiger partial charge is 0.320 e. The second-order valence-corrected chi connectivity index (χ2v) is 7.69. The highest BCUT2D eigenvalue weighted by Crippen LogP contribution is 2.42. The van der Waals surface area contributed by atoms with Crippen LogP contribution in [0.5, 0.6) is 5.75 Å². The highest BCUT2D eigenvalue weighted by molar-refractivity contribution is 5.74. The van der Waals surface area contributed by atoms with E-state index in [2.05, 4.69) is 4.98 Å². The molecule has 0 N–H and O–H groups in total. The van der Waals surface area contributed by atoms with E-state index >= 15 is 0 Å². The van der Waals surface area contributed by atoms with Crippen molar-refractivity contribution in [1.82, 2.24) is 14.8 Å². The van der Waals surface area contributed by atoms with Gasteiger partial charge in [-0.15, -0.1) is 0 Å². The van der Waals surface area contributed by atoms with E-state index in [0.29, 0.717) is 12.5 Å². The molecular formula is C20H29N3O3. The third-order valence-electron chi connectivity index (χ3n) is 6.23. The topological polar surface area (TPSA) is 54.9 Å². The Kier molecular flexibility index (Phi) is 5.29. The number of nitrogens with zero attached hydrogens (tertiary/aromatic N) is 3. The number of carbonyl (C=O) groups is 1.